The van der Waals surface area contributed by atoms with Crippen LogP contribution in [0.4, 0.5) is 19.0 Å². The predicted octanol–water partition coefficient (Wildman–Crippen LogP) is 2.64. The summed E-state index contributed by atoms with van der Waals surface area (Å²) in [7, 11) is 0. The molecule has 154 valence electrons. The third-order valence-electron chi connectivity index (χ3n) is 5.97. The van der Waals surface area contributed by atoms with Gasteiger partial charge in [0.2, 0.25) is 11.7 Å². The Bertz CT molecular complexity index is 725. The smallest absolute Gasteiger partial charge is 0.376 e. The molecule has 28 heavy (non-hydrogen) atoms. The maximum absolute atomic E-state index is 12.9. The number of halogens is 3. The monoisotopic (exact) mass is 398 g/mol. The highest BCUT2D eigenvalue weighted by Gasteiger charge is 2.44. The molecule has 2 aliphatic carbocycles. The van der Waals surface area contributed by atoms with E-state index < -0.39 is 12.0 Å². The van der Waals surface area contributed by atoms with E-state index in [1.54, 1.807) is 0 Å². The highest BCUT2D eigenvalue weighted by Crippen LogP contribution is 2.40. The van der Waals surface area contributed by atoms with Crippen LogP contribution < -0.4 is 10.2 Å². The van der Waals surface area contributed by atoms with Crippen LogP contribution in [0.5, 0.6) is 0 Å². The third-order valence-corrected chi connectivity index (χ3v) is 5.97. The van der Waals surface area contributed by atoms with Gasteiger partial charge in [-0.2, -0.15) is 13.2 Å². The zero-order valence-electron chi connectivity index (χ0n) is 15.8. The first-order valence-electron chi connectivity index (χ1n) is 9.83. The van der Waals surface area contributed by atoms with Crippen LogP contribution in [0.25, 0.3) is 0 Å². The number of amides is 1. The molecule has 0 spiro atoms. The summed E-state index contributed by atoms with van der Waals surface area (Å²) in [5, 5.41) is 3.02. The van der Waals surface area contributed by atoms with Crippen LogP contribution in [0.3, 0.4) is 0 Å². The Balaban J connectivity index is 1.45. The molecule has 2 saturated carbocycles. The molecule has 3 fully saturated rings. The maximum atomic E-state index is 12.9. The molecule has 1 aromatic heterocycles. The summed E-state index contributed by atoms with van der Waals surface area (Å²) in [6.07, 6.45) is 0.541. The topological polar surface area (TPSA) is 67.4 Å². The van der Waals surface area contributed by atoms with E-state index in [2.05, 4.69) is 15.3 Å². The van der Waals surface area contributed by atoms with Crippen LogP contribution in [0.1, 0.15) is 38.4 Å². The first-order valence-corrected chi connectivity index (χ1v) is 9.83. The van der Waals surface area contributed by atoms with Crippen molar-refractivity contribution < 1.29 is 22.7 Å². The normalized spacial score (nSPS) is 30.2. The largest absolute Gasteiger partial charge is 0.451 e. The molecule has 0 unspecified atom stereocenters. The van der Waals surface area contributed by atoms with Crippen molar-refractivity contribution in [3.8, 4) is 0 Å². The number of carbonyl (C=O) groups excluding carboxylic acids is 1. The second-order valence-corrected chi connectivity index (χ2v) is 8.25. The van der Waals surface area contributed by atoms with Crippen molar-refractivity contribution in [3.63, 3.8) is 0 Å². The molecule has 0 radical (unpaired) electrons. The van der Waals surface area contributed by atoms with Crippen LogP contribution in [-0.4, -0.2) is 47.7 Å². The summed E-state index contributed by atoms with van der Waals surface area (Å²) >= 11 is 0. The van der Waals surface area contributed by atoms with Crippen LogP contribution in [0.15, 0.2) is 12.3 Å². The average Bonchev–Trinajstić information content (AvgIpc) is 3.37. The summed E-state index contributed by atoms with van der Waals surface area (Å²) in [5.41, 5.74) is 0. The molecular weight excluding hydrogens is 373 g/mol. The van der Waals surface area contributed by atoms with Gasteiger partial charge in [-0.05, 0) is 49.5 Å². The Morgan fingerprint density at radius 3 is 2.64 bits per heavy atom. The van der Waals surface area contributed by atoms with Crippen LogP contribution in [0, 0.1) is 17.8 Å². The van der Waals surface area contributed by atoms with E-state index in [4.69, 9.17) is 4.74 Å². The number of hydrogen-bond acceptors (Lipinski definition) is 5. The lowest BCUT2D eigenvalue weighted by Gasteiger charge is -2.38. The standard InChI is InChI=1S/C19H25F3N4O2/c1-11(27)24-15-6-13-8-26(17-4-5-23-18(25-17)19(20,21)22)9-14(13)7-16(15)28-10-12-2-3-12/h4-5,12-16H,2-3,6-10H2,1H3,(H,24,27)/t13-,14+,15-,16-/m1/s1. The molecule has 4 rings (SSSR count). The quantitative estimate of drug-likeness (QED) is 0.826. The van der Waals surface area contributed by atoms with Crippen molar-refractivity contribution in [3.05, 3.63) is 18.1 Å². The summed E-state index contributed by atoms with van der Waals surface area (Å²) in [6.45, 7) is 3.51. The van der Waals surface area contributed by atoms with Crippen LogP contribution in [0.2, 0.25) is 0 Å². The highest BCUT2D eigenvalue weighted by molar-refractivity contribution is 5.73. The van der Waals surface area contributed by atoms with Gasteiger partial charge in [0.1, 0.15) is 5.82 Å². The molecule has 1 amide bonds. The number of carbonyl (C=O) groups is 1. The zero-order valence-corrected chi connectivity index (χ0v) is 15.8. The van der Waals surface area contributed by atoms with Gasteiger partial charge >= 0.3 is 6.18 Å². The number of alkyl halides is 3. The molecule has 0 aromatic carbocycles. The van der Waals surface area contributed by atoms with Gasteiger partial charge in [-0.25, -0.2) is 9.97 Å². The SMILES string of the molecule is CC(=O)N[C@@H]1C[C@@H]2CN(c3ccnc(C(F)(F)F)n3)C[C@@H]2C[C@H]1OCC1CC1. The molecule has 0 bridgehead atoms. The van der Waals surface area contributed by atoms with Gasteiger partial charge in [-0.15, -0.1) is 0 Å². The summed E-state index contributed by atoms with van der Waals surface area (Å²) in [4.78, 5) is 20.6. The lowest BCUT2D eigenvalue weighted by Crippen LogP contribution is -2.50. The Morgan fingerprint density at radius 1 is 1.29 bits per heavy atom. The van der Waals surface area contributed by atoms with Gasteiger partial charge in [0.05, 0.1) is 12.1 Å². The van der Waals surface area contributed by atoms with E-state index in [1.165, 1.54) is 25.8 Å². The van der Waals surface area contributed by atoms with E-state index in [9.17, 15) is 18.0 Å². The summed E-state index contributed by atoms with van der Waals surface area (Å²) in [5.74, 6) is 0.367. The Kier molecular flexibility index (Phi) is 5.20. The Morgan fingerprint density at radius 2 is 2.00 bits per heavy atom. The number of ether oxygens (including phenoxy) is 1. The van der Waals surface area contributed by atoms with Crippen molar-refractivity contribution in [2.24, 2.45) is 17.8 Å². The highest BCUT2D eigenvalue weighted by atomic mass is 19.4. The van der Waals surface area contributed by atoms with Crippen LogP contribution in [-0.2, 0) is 15.7 Å². The van der Waals surface area contributed by atoms with E-state index in [1.807, 2.05) is 4.90 Å². The fourth-order valence-corrected chi connectivity index (χ4v) is 4.40. The van der Waals surface area contributed by atoms with E-state index in [-0.39, 0.29) is 18.1 Å². The lowest BCUT2D eigenvalue weighted by atomic mass is 9.77. The average molecular weight is 398 g/mol. The molecule has 4 atom stereocenters. The molecule has 1 saturated heterocycles. The number of nitrogens with one attached hydrogen (secondary N) is 1. The summed E-state index contributed by atoms with van der Waals surface area (Å²) < 4.78 is 44.9. The molecule has 1 aliphatic heterocycles. The Labute approximate surface area is 161 Å². The van der Waals surface area contributed by atoms with Gasteiger partial charge in [0.15, 0.2) is 0 Å². The van der Waals surface area contributed by atoms with Crippen molar-refractivity contribution in [2.45, 2.75) is 50.9 Å². The van der Waals surface area contributed by atoms with Gasteiger partial charge < -0.3 is 15.0 Å². The lowest BCUT2D eigenvalue weighted by molar-refractivity contribution is -0.144. The zero-order chi connectivity index (χ0) is 19.9. The van der Waals surface area contributed by atoms with Crippen molar-refractivity contribution in [2.75, 3.05) is 24.6 Å². The number of anilines is 1. The fourth-order valence-electron chi connectivity index (χ4n) is 4.40. The number of aromatic nitrogens is 2. The van der Waals surface area contributed by atoms with Crippen molar-refractivity contribution in [1.29, 1.82) is 0 Å². The molecule has 2 heterocycles. The maximum Gasteiger partial charge on any atom is 0.451 e. The van der Waals surface area contributed by atoms with Gasteiger partial charge in [-0.3, -0.25) is 4.79 Å². The van der Waals surface area contributed by atoms with Crippen molar-refractivity contribution >= 4 is 11.7 Å². The number of nitrogens with zero attached hydrogens (tertiary/aromatic N) is 3. The first-order chi connectivity index (χ1) is 13.3. The molecule has 3 aliphatic rings. The number of rotatable bonds is 5. The number of hydrogen-bond donors (Lipinski definition) is 1. The molecule has 9 heteroatoms. The first kappa shape index (κ1) is 19.4. The second-order valence-electron chi connectivity index (χ2n) is 8.25. The molecule has 6 nitrogen and oxygen atoms in total. The predicted molar refractivity (Wildman–Crippen MR) is 95.5 cm³/mol. The summed E-state index contributed by atoms with van der Waals surface area (Å²) in [6, 6.07) is 1.48. The van der Waals surface area contributed by atoms with Gasteiger partial charge in [0, 0.05) is 32.8 Å². The number of fused-ring (bicyclic) bond motifs is 1. The molecule has 1 N–H and O–H groups in total. The minimum atomic E-state index is -4.55. The molecule has 1 aromatic rings. The van der Waals surface area contributed by atoms with Crippen LogP contribution >= 0.6 is 0 Å². The minimum absolute atomic E-state index is 0.0400. The van der Waals surface area contributed by atoms with E-state index in [0.717, 1.165) is 25.6 Å². The van der Waals surface area contributed by atoms with Crippen molar-refractivity contribution in [1.82, 2.24) is 15.3 Å². The van der Waals surface area contributed by atoms with Gasteiger partial charge in [0.25, 0.3) is 0 Å². The second kappa shape index (κ2) is 7.50. The molecular formula is C19H25F3N4O2. The van der Waals surface area contributed by atoms with E-state index in [0.29, 0.717) is 36.7 Å². The third kappa shape index (κ3) is 4.39. The Hall–Kier alpha value is -1.90. The minimum Gasteiger partial charge on any atom is -0.376 e. The van der Waals surface area contributed by atoms with E-state index >= 15 is 0 Å². The fraction of sp³-hybridized carbons (Fsp3) is 0.737. The van der Waals surface area contributed by atoms with Gasteiger partial charge in [-0.1, -0.05) is 0 Å².